The zero-order valence-corrected chi connectivity index (χ0v) is 21.2. The van der Waals surface area contributed by atoms with Crippen molar-refractivity contribution in [2.45, 2.75) is 58.8 Å². The van der Waals surface area contributed by atoms with Crippen LogP contribution < -0.4 is 4.90 Å². The van der Waals surface area contributed by atoms with E-state index in [1.54, 1.807) is 0 Å². The van der Waals surface area contributed by atoms with Crippen LogP contribution in [0.4, 0.5) is 17.1 Å². The topological polar surface area (TPSA) is 19.0 Å². The van der Waals surface area contributed by atoms with E-state index < -0.39 is 0 Å². The fraction of sp³-hybridized carbons (Fsp3) is 0.273. The van der Waals surface area contributed by atoms with Gasteiger partial charge in [0.15, 0.2) is 0 Å². The third-order valence-corrected chi connectivity index (χ3v) is 7.20. The minimum Gasteiger partial charge on any atom is -0.355 e. The summed E-state index contributed by atoms with van der Waals surface area (Å²) in [5, 5.41) is 2.53. The molecular formula is C33H36N2. The van der Waals surface area contributed by atoms with E-state index in [9.17, 15) is 0 Å². The second kappa shape index (κ2) is 10.4. The van der Waals surface area contributed by atoms with Gasteiger partial charge in [0.1, 0.15) is 0 Å². The lowest BCUT2D eigenvalue weighted by Gasteiger charge is -2.26. The fourth-order valence-corrected chi connectivity index (χ4v) is 5.17. The van der Waals surface area contributed by atoms with Crippen LogP contribution in [0.25, 0.3) is 21.8 Å². The summed E-state index contributed by atoms with van der Waals surface area (Å²) in [6, 6.07) is 33.6. The predicted octanol–water partition coefficient (Wildman–Crippen LogP) is 10.0. The monoisotopic (exact) mass is 460 g/mol. The van der Waals surface area contributed by atoms with Gasteiger partial charge in [0, 0.05) is 38.9 Å². The molecule has 0 radical (unpaired) electrons. The summed E-state index contributed by atoms with van der Waals surface area (Å²) < 4.78 is 0. The molecule has 1 unspecified atom stereocenters. The molecule has 178 valence electrons. The van der Waals surface area contributed by atoms with E-state index in [0.717, 1.165) is 6.42 Å². The number of aromatic nitrogens is 1. The molecule has 0 aliphatic heterocycles. The first kappa shape index (κ1) is 23.2. The van der Waals surface area contributed by atoms with Gasteiger partial charge in [-0.15, -0.1) is 0 Å². The number of nitrogens with one attached hydrogen (secondary N) is 1. The lowest BCUT2D eigenvalue weighted by molar-refractivity contribution is 0.665. The third-order valence-electron chi connectivity index (χ3n) is 7.20. The molecule has 0 aliphatic rings. The molecule has 1 atom stereocenters. The lowest BCUT2D eigenvalue weighted by Crippen LogP contribution is -2.10. The molecule has 0 saturated carbocycles. The van der Waals surface area contributed by atoms with Crippen molar-refractivity contribution in [2.75, 3.05) is 4.90 Å². The van der Waals surface area contributed by atoms with Crippen LogP contribution in [-0.2, 0) is 6.42 Å². The Morgan fingerprint density at radius 1 is 0.686 bits per heavy atom. The largest absolute Gasteiger partial charge is 0.355 e. The van der Waals surface area contributed by atoms with Gasteiger partial charge in [0.05, 0.1) is 0 Å². The number of aromatic amines is 1. The molecule has 2 nitrogen and oxygen atoms in total. The standard InChI is InChI=1S/C33H36N2/c1-4-6-10-25-13-17-27(18-14-25)35(28-19-15-26(16-20-28)24(3)9-5-2)29-21-22-33-31(23-29)30-11-7-8-12-32(30)34-33/h7-8,11-24,34H,4-6,9-10H2,1-3H3. The van der Waals surface area contributed by atoms with E-state index in [4.69, 9.17) is 0 Å². The van der Waals surface area contributed by atoms with Gasteiger partial charge >= 0.3 is 0 Å². The molecule has 2 heteroatoms. The number of nitrogens with zero attached hydrogens (tertiary/aromatic N) is 1. The molecule has 5 rings (SSSR count). The van der Waals surface area contributed by atoms with Crippen LogP contribution in [0.3, 0.4) is 0 Å². The van der Waals surface area contributed by atoms with Gasteiger partial charge in [-0.2, -0.15) is 0 Å². The van der Waals surface area contributed by atoms with E-state index in [1.165, 1.54) is 75.7 Å². The maximum atomic E-state index is 3.56. The van der Waals surface area contributed by atoms with Crippen molar-refractivity contribution in [1.29, 1.82) is 0 Å². The number of aryl methyl sites for hydroxylation is 1. The number of hydrogen-bond donors (Lipinski definition) is 1. The normalized spacial score (nSPS) is 12.3. The Labute approximate surface area is 209 Å². The van der Waals surface area contributed by atoms with E-state index >= 15 is 0 Å². The molecule has 4 aromatic carbocycles. The first-order chi connectivity index (χ1) is 17.2. The first-order valence-electron chi connectivity index (χ1n) is 13.2. The quantitative estimate of drug-likeness (QED) is 0.232. The highest BCUT2D eigenvalue weighted by Crippen LogP contribution is 2.38. The highest BCUT2D eigenvalue weighted by atomic mass is 15.1. The van der Waals surface area contributed by atoms with Gasteiger partial charge in [-0.25, -0.2) is 0 Å². The second-order valence-corrected chi connectivity index (χ2v) is 9.79. The summed E-state index contributed by atoms with van der Waals surface area (Å²) in [6.45, 7) is 6.84. The van der Waals surface area contributed by atoms with Crippen LogP contribution >= 0.6 is 0 Å². The van der Waals surface area contributed by atoms with Crippen molar-refractivity contribution in [3.05, 3.63) is 102 Å². The number of para-hydroxylation sites is 1. The second-order valence-electron chi connectivity index (χ2n) is 9.79. The van der Waals surface area contributed by atoms with Crippen LogP contribution in [0, 0.1) is 0 Å². The van der Waals surface area contributed by atoms with Gasteiger partial charge in [-0.05, 0) is 84.8 Å². The molecule has 0 spiro atoms. The lowest BCUT2D eigenvalue weighted by atomic mass is 9.96. The van der Waals surface area contributed by atoms with Gasteiger partial charge in [-0.1, -0.05) is 76.1 Å². The summed E-state index contributed by atoms with van der Waals surface area (Å²) in [7, 11) is 0. The number of hydrogen-bond acceptors (Lipinski definition) is 1. The molecule has 1 aromatic heterocycles. The van der Waals surface area contributed by atoms with Crippen LogP contribution in [0.5, 0.6) is 0 Å². The number of anilines is 3. The van der Waals surface area contributed by atoms with Crippen LogP contribution in [0.15, 0.2) is 91.0 Å². The molecule has 0 bridgehead atoms. The maximum absolute atomic E-state index is 3.56. The summed E-state index contributed by atoms with van der Waals surface area (Å²) in [4.78, 5) is 5.95. The average Bonchev–Trinajstić information content (AvgIpc) is 3.27. The molecule has 0 aliphatic carbocycles. The Bertz CT molecular complexity index is 1390. The van der Waals surface area contributed by atoms with E-state index in [-0.39, 0.29) is 0 Å². The molecule has 1 heterocycles. The molecule has 0 amide bonds. The smallest absolute Gasteiger partial charge is 0.0469 e. The van der Waals surface area contributed by atoms with E-state index in [1.807, 2.05) is 0 Å². The highest BCUT2D eigenvalue weighted by molar-refractivity contribution is 6.08. The van der Waals surface area contributed by atoms with Crippen LogP contribution in [0.1, 0.15) is 63.5 Å². The fourth-order valence-electron chi connectivity index (χ4n) is 5.17. The minimum atomic E-state index is 0.586. The highest BCUT2D eigenvalue weighted by Gasteiger charge is 2.15. The number of fused-ring (bicyclic) bond motifs is 3. The molecule has 0 fully saturated rings. The summed E-state index contributed by atoms with van der Waals surface area (Å²) in [5.41, 5.74) is 8.74. The molecule has 35 heavy (non-hydrogen) atoms. The SMILES string of the molecule is CCCCc1ccc(N(c2ccc(C(C)CCC)cc2)c2ccc3[nH]c4ccccc4c3c2)cc1. The van der Waals surface area contributed by atoms with E-state index in [2.05, 4.69) is 122 Å². The Hall–Kier alpha value is -3.52. The van der Waals surface area contributed by atoms with Gasteiger partial charge in [-0.3, -0.25) is 0 Å². The summed E-state index contributed by atoms with van der Waals surface area (Å²) in [6.07, 6.45) is 6.03. The van der Waals surface area contributed by atoms with Crippen LogP contribution in [0.2, 0.25) is 0 Å². The van der Waals surface area contributed by atoms with Gasteiger partial charge in [0.25, 0.3) is 0 Å². The Morgan fingerprint density at radius 2 is 1.34 bits per heavy atom. The molecule has 1 N–H and O–H groups in total. The Kier molecular flexibility index (Phi) is 6.90. The molecular weight excluding hydrogens is 424 g/mol. The zero-order valence-electron chi connectivity index (χ0n) is 21.2. The van der Waals surface area contributed by atoms with Crippen molar-refractivity contribution in [2.24, 2.45) is 0 Å². The van der Waals surface area contributed by atoms with Crippen LogP contribution in [-0.4, -0.2) is 4.98 Å². The van der Waals surface area contributed by atoms with Crippen molar-refractivity contribution in [3.63, 3.8) is 0 Å². The number of unbranched alkanes of at least 4 members (excludes halogenated alkanes) is 1. The number of rotatable bonds is 9. The van der Waals surface area contributed by atoms with E-state index in [0.29, 0.717) is 5.92 Å². The van der Waals surface area contributed by atoms with Crippen molar-refractivity contribution < 1.29 is 0 Å². The number of H-pyrrole nitrogens is 1. The van der Waals surface area contributed by atoms with Gasteiger partial charge < -0.3 is 9.88 Å². The average molecular weight is 461 g/mol. The van der Waals surface area contributed by atoms with Gasteiger partial charge in [0.2, 0.25) is 0 Å². The number of benzene rings is 4. The Balaban J connectivity index is 1.59. The third kappa shape index (κ3) is 4.84. The molecule has 0 saturated heterocycles. The Morgan fingerprint density at radius 3 is 2.06 bits per heavy atom. The summed E-state index contributed by atoms with van der Waals surface area (Å²) in [5.74, 6) is 0.586. The molecule has 5 aromatic rings. The minimum absolute atomic E-state index is 0.586. The van der Waals surface area contributed by atoms with Crippen molar-refractivity contribution in [1.82, 2.24) is 4.98 Å². The zero-order chi connectivity index (χ0) is 24.2. The first-order valence-corrected chi connectivity index (χ1v) is 13.2. The maximum Gasteiger partial charge on any atom is 0.0469 e. The summed E-state index contributed by atoms with van der Waals surface area (Å²) >= 11 is 0. The van der Waals surface area contributed by atoms with Crippen molar-refractivity contribution in [3.8, 4) is 0 Å². The predicted molar refractivity (Wildman–Crippen MR) is 152 cm³/mol. The van der Waals surface area contributed by atoms with Crippen molar-refractivity contribution >= 4 is 38.9 Å².